The minimum atomic E-state index is -2.75. The molecule has 3 rings (SSSR count). The van der Waals surface area contributed by atoms with Gasteiger partial charge in [0.25, 0.3) is 8.32 Å². The smallest absolute Gasteiger partial charge is 0.261 e. The second-order valence-corrected chi connectivity index (χ2v) is 14.0. The van der Waals surface area contributed by atoms with Gasteiger partial charge in [-0.05, 0) is 40.6 Å². The van der Waals surface area contributed by atoms with Crippen molar-refractivity contribution in [3.63, 3.8) is 0 Å². The largest absolute Gasteiger partial charge is 0.402 e. The van der Waals surface area contributed by atoms with E-state index in [-0.39, 0.29) is 17.1 Å². The van der Waals surface area contributed by atoms with E-state index in [1.807, 2.05) is 19.1 Å². The van der Waals surface area contributed by atoms with E-state index >= 15 is 0 Å². The molecule has 2 N–H and O–H groups in total. The summed E-state index contributed by atoms with van der Waals surface area (Å²) in [6, 6.07) is 21.0. The van der Waals surface area contributed by atoms with Gasteiger partial charge in [0.05, 0.1) is 17.8 Å². The molecule has 4 atom stereocenters. The minimum Gasteiger partial charge on any atom is -0.402 e. The summed E-state index contributed by atoms with van der Waals surface area (Å²) in [7, 11) is -2.75. The predicted octanol–water partition coefficient (Wildman–Crippen LogP) is 4.03. The Morgan fingerprint density at radius 3 is 1.97 bits per heavy atom. The molecule has 0 radical (unpaired) electrons. The summed E-state index contributed by atoms with van der Waals surface area (Å²) in [4.78, 5) is 0. The summed E-state index contributed by atoms with van der Waals surface area (Å²) in [5, 5.41) is 24.3. The van der Waals surface area contributed by atoms with E-state index in [0.29, 0.717) is 19.3 Å². The number of hydrogen-bond donors (Lipinski definition) is 2. The molecule has 1 saturated carbocycles. The highest BCUT2D eigenvalue weighted by Gasteiger charge is 2.53. The van der Waals surface area contributed by atoms with E-state index in [1.165, 1.54) is 10.4 Å². The van der Waals surface area contributed by atoms with Crippen LogP contribution in [0.4, 0.5) is 0 Å². The Balaban J connectivity index is 2.13. The van der Waals surface area contributed by atoms with Gasteiger partial charge in [0.1, 0.15) is 0 Å². The summed E-state index contributed by atoms with van der Waals surface area (Å²) < 4.78 is 7.16. The molecule has 0 heterocycles. The minimum absolute atomic E-state index is 0.0460. The van der Waals surface area contributed by atoms with Gasteiger partial charge in [0.2, 0.25) is 0 Å². The van der Waals surface area contributed by atoms with Gasteiger partial charge in [-0.1, -0.05) is 94.4 Å². The molecule has 3 nitrogen and oxygen atoms in total. The van der Waals surface area contributed by atoms with Gasteiger partial charge >= 0.3 is 0 Å². The fourth-order valence-electron chi connectivity index (χ4n) is 4.87. The molecule has 162 valence electrons. The van der Waals surface area contributed by atoms with Crippen LogP contribution >= 0.6 is 0 Å². The van der Waals surface area contributed by atoms with Crippen LogP contribution in [0.3, 0.4) is 0 Å². The Bertz CT molecular complexity index is 791. The number of hydrogen-bond acceptors (Lipinski definition) is 3. The van der Waals surface area contributed by atoms with Crippen molar-refractivity contribution in [1.82, 2.24) is 0 Å². The molecule has 0 unspecified atom stereocenters. The van der Waals surface area contributed by atoms with Crippen molar-refractivity contribution < 1.29 is 14.6 Å². The number of rotatable bonds is 5. The van der Waals surface area contributed by atoms with Crippen molar-refractivity contribution in [3.8, 4) is 0 Å². The zero-order chi connectivity index (χ0) is 22.0. The van der Waals surface area contributed by atoms with Crippen LogP contribution in [0.5, 0.6) is 0 Å². The lowest BCUT2D eigenvalue weighted by molar-refractivity contribution is 0.0121. The maximum Gasteiger partial charge on any atom is 0.261 e. The molecule has 0 bridgehead atoms. The lowest BCUT2D eigenvalue weighted by Crippen LogP contribution is -2.68. The fraction of sp³-hybridized carbons (Fsp3) is 0.462. The van der Waals surface area contributed by atoms with Gasteiger partial charge in [-0.15, -0.1) is 6.58 Å². The molecule has 2 aromatic rings. The van der Waals surface area contributed by atoms with E-state index < -0.39 is 20.0 Å². The maximum absolute atomic E-state index is 11.1. The Kier molecular flexibility index (Phi) is 6.73. The summed E-state index contributed by atoms with van der Waals surface area (Å²) >= 11 is 0. The molecular formula is C26H36O3Si. The topological polar surface area (TPSA) is 49.7 Å². The van der Waals surface area contributed by atoms with Crippen LogP contribution < -0.4 is 10.4 Å². The summed E-state index contributed by atoms with van der Waals surface area (Å²) in [6.07, 6.45) is 2.25. The molecule has 0 aromatic heterocycles. The molecule has 0 saturated heterocycles. The lowest BCUT2D eigenvalue weighted by Gasteiger charge is -2.46. The first kappa shape index (κ1) is 23.0. The molecule has 4 heteroatoms. The van der Waals surface area contributed by atoms with Crippen molar-refractivity contribution in [2.75, 3.05) is 0 Å². The molecule has 0 aliphatic heterocycles. The molecule has 0 spiro atoms. The first-order chi connectivity index (χ1) is 14.1. The lowest BCUT2D eigenvalue weighted by atomic mass is 9.84. The Hall–Kier alpha value is -1.72. The SMILES string of the molecule is C=C[C@@]1(O)CC[C@@H](O)[C@H](O[Si](c2ccccc2)(c2ccccc2)C(C)(C)C)C[C@@H]1C. The van der Waals surface area contributed by atoms with Crippen LogP contribution in [0.2, 0.25) is 5.04 Å². The Morgan fingerprint density at radius 2 is 1.53 bits per heavy atom. The first-order valence-corrected chi connectivity index (χ1v) is 12.9. The first-order valence-electron chi connectivity index (χ1n) is 11.0. The fourth-order valence-corrected chi connectivity index (χ4v) is 9.59. The molecule has 30 heavy (non-hydrogen) atoms. The van der Waals surface area contributed by atoms with Gasteiger partial charge < -0.3 is 14.6 Å². The summed E-state index contributed by atoms with van der Waals surface area (Å²) in [6.45, 7) is 12.6. The van der Waals surface area contributed by atoms with Gasteiger partial charge in [-0.25, -0.2) is 0 Å². The van der Waals surface area contributed by atoms with E-state index in [2.05, 4.69) is 75.9 Å². The molecule has 1 fully saturated rings. The molecule has 1 aliphatic rings. The highest BCUT2D eigenvalue weighted by Crippen LogP contribution is 2.41. The summed E-state index contributed by atoms with van der Waals surface area (Å²) in [5.41, 5.74) is -0.968. The second-order valence-electron chi connectivity index (χ2n) is 9.76. The monoisotopic (exact) mass is 424 g/mol. The van der Waals surface area contributed by atoms with Crippen LogP contribution in [0.1, 0.15) is 47.0 Å². The molecular weight excluding hydrogens is 388 g/mol. The van der Waals surface area contributed by atoms with E-state index in [4.69, 9.17) is 4.43 Å². The van der Waals surface area contributed by atoms with E-state index in [1.54, 1.807) is 6.08 Å². The third kappa shape index (κ3) is 4.19. The van der Waals surface area contributed by atoms with Crippen molar-refractivity contribution in [3.05, 3.63) is 73.3 Å². The van der Waals surface area contributed by atoms with Gasteiger partial charge in [-0.3, -0.25) is 0 Å². The Morgan fingerprint density at radius 1 is 1.03 bits per heavy atom. The van der Waals surface area contributed by atoms with Crippen LogP contribution in [-0.4, -0.2) is 36.3 Å². The summed E-state index contributed by atoms with van der Waals surface area (Å²) in [5.74, 6) is -0.0460. The van der Waals surface area contributed by atoms with Gasteiger partial charge in [0, 0.05) is 0 Å². The zero-order valence-corrected chi connectivity index (χ0v) is 19.7. The van der Waals surface area contributed by atoms with Crippen molar-refractivity contribution >= 4 is 18.7 Å². The van der Waals surface area contributed by atoms with Crippen LogP contribution in [-0.2, 0) is 4.43 Å². The standard InChI is InChI=1S/C26H36O3Si/c1-6-26(28)18-17-23(27)24(19-20(26)2)29-30(25(3,4)5,21-13-9-7-10-14-21)22-15-11-8-12-16-22/h6-16,20,23-24,27-28H,1,17-19H2,2-5H3/t20-,23+,24+,26+/m0/s1. The highest BCUT2D eigenvalue weighted by atomic mass is 28.4. The van der Waals surface area contributed by atoms with Crippen LogP contribution in [0.25, 0.3) is 0 Å². The maximum atomic E-state index is 11.1. The molecule has 1 aliphatic carbocycles. The van der Waals surface area contributed by atoms with Crippen LogP contribution in [0, 0.1) is 5.92 Å². The molecule has 0 amide bonds. The average Bonchev–Trinajstić information content (AvgIpc) is 2.84. The van der Waals surface area contributed by atoms with E-state index in [0.717, 1.165) is 0 Å². The van der Waals surface area contributed by atoms with Gasteiger partial charge in [-0.2, -0.15) is 0 Å². The Labute approximate surface area is 182 Å². The molecule has 2 aromatic carbocycles. The second kappa shape index (κ2) is 8.79. The number of aliphatic hydroxyl groups is 2. The quantitative estimate of drug-likeness (QED) is 0.433. The normalized spacial score (nSPS) is 28.0. The van der Waals surface area contributed by atoms with Crippen molar-refractivity contribution in [1.29, 1.82) is 0 Å². The van der Waals surface area contributed by atoms with Gasteiger partial charge in [0.15, 0.2) is 0 Å². The van der Waals surface area contributed by atoms with Crippen molar-refractivity contribution in [2.24, 2.45) is 5.92 Å². The average molecular weight is 425 g/mol. The highest BCUT2D eigenvalue weighted by molar-refractivity contribution is 6.99. The van der Waals surface area contributed by atoms with Crippen molar-refractivity contribution in [2.45, 2.75) is 69.8 Å². The third-order valence-electron chi connectivity index (χ3n) is 6.81. The number of aliphatic hydroxyl groups excluding tert-OH is 1. The third-order valence-corrected chi connectivity index (χ3v) is 11.9. The predicted molar refractivity (Wildman–Crippen MR) is 127 cm³/mol. The zero-order valence-electron chi connectivity index (χ0n) is 18.7. The van der Waals surface area contributed by atoms with E-state index in [9.17, 15) is 10.2 Å². The van der Waals surface area contributed by atoms with Crippen LogP contribution in [0.15, 0.2) is 73.3 Å². The number of benzene rings is 2.